The molecule has 0 bridgehead atoms. The third-order valence-corrected chi connectivity index (χ3v) is 3.43. The fourth-order valence-corrected chi connectivity index (χ4v) is 2.30. The standard InChI is InChI=1S/C15H18F3NO2/c1-4-13(9(2)20)10(3)21-12-6-5-11(8-19)14(7-12)15(16,17)18/h5-7,9-10,13,20H,4H2,1-3H3. The predicted molar refractivity (Wildman–Crippen MR) is 71.7 cm³/mol. The molecule has 1 aromatic carbocycles. The van der Waals surface area contributed by atoms with Crippen molar-refractivity contribution in [2.45, 2.75) is 45.6 Å². The summed E-state index contributed by atoms with van der Waals surface area (Å²) in [6.07, 6.45) is -5.03. The normalized spacial score (nSPS) is 15.9. The molecule has 3 unspecified atom stereocenters. The van der Waals surface area contributed by atoms with Gasteiger partial charge in [-0.3, -0.25) is 0 Å². The summed E-state index contributed by atoms with van der Waals surface area (Å²) < 4.78 is 44.1. The molecule has 116 valence electrons. The Kier molecular flexibility index (Phi) is 5.62. The highest BCUT2D eigenvalue weighted by Gasteiger charge is 2.34. The number of ether oxygens (including phenoxy) is 1. The second-order valence-corrected chi connectivity index (χ2v) is 4.95. The summed E-state index contributed by atoms with van der Waals surface area (Å²) in [7, 11) is 0. The molecule has 1 N–H and O–H groups in total. The maximum atomic E-state index is 12.9. The van der Waals surface area contributed by atoms with E-state index < -0.39 is 29.5 Å². The zero-order valence-electron chi connectivity index (χ0n) is 12.1. The van der Waals surface area contributed by atoms with Crippen molar-refractivity contribution in [1.29, 1.82) is 5.26 Å². The Morgan fingerprint density at radius 3 is 2.38 bits per heavy atom. The monoisotopic (exact) mass is 301 g/mol. The van der Waals surface area contributed by atoms with Crippen LogP contribution in [0.3, 0.4) is 0 Å². The lowest BCUT2D eigenvalue weighted by atomic mass is 9.95. The number of aliphatic hydroxyl groups excluding tert-OH is 1. The zero-order valence-corrected chi connectivity index (χ0v) is 12.1. The smallest absolute Gasteiger partial charge is 0.417 e. The van der Waals surface area contributed by atoms with Gasteiger partial charge >= 0.3 is 6.18 Å². The van der Waals surface area contributed by atoms with Crippen LogP contribution in [0.15, 0.2) is 18.2 Å². The Morgan fingerprint density at radius 2 is 1.95 bits per heavy atom. The van der Waals surface area contributed by atoms with Crippen LogP contribution < -0.4 is 4.74 Å². The van der Waals surface area contributed by atoms with Gasteiger partial charge in [-0.05, 0) is 38.5 Å². The van der Waals surface area contributed by atoms with Crippen LogP contribution in [-0.2, 0) is 6.18 Å². The van der Waals surface area contributed by atoms with E-state index in [1.54, 1.807) is 13.8 Å². The van der Waals surface area contributed by atoms with E-state index in [2.05, 4.69) is 0 Å². The number of nitrogens with zero attached hydrogens (tertiary/aromatic N) is 1. The number of alkyl halides is 3. The van der Waals surface area contributed by atoms with Gasteiger partial charge in [0.2, 0.25) is 0 Å². The highest BCUT2D eigenvalue weighted by molar-refractivity contribution is 5.44. The van der Waals surface area contributed by atoms with Gasteiger partial charge in [-0.25, -0.2) is 0 Å². The Bertz CT molecular complexity index is 521. The summed E-state index contributed by atoms with van der Waals surface area (Å²) in [6, 6.07) is 4.77. The fourth-order valence-electron chi connectivity index (χ4n) is 2.30. The zero-order chi connectivity index (χ0) is 16.2. The molecule has 0 radical (unpaired) electrons. The second-order valence-electron chi connectivity index (χ2n) is 4.95. The highest BCUT2D eigenvalue weighted by atomic mass is 19.4. The summed E-state index contributed by atoms with van der Waals surface area (Å²) in [5, 5.41) is 18.4. The van der Waals surface area contributed by atoms with Crippen LogP contribution in [0.25, 0.3) is 0 Å². The van der Waals surface area contributed by atoms with Crippen LogP contribution in [0.4, 0.5) is 13.2 Å². The SMILES string of the molecule is CCC(C(C)O)C(C)Oc1ccc(C#N)c(C(F)(F)F)c1. The molecule has 1 rings (SSSR count). The Morgan fingerprint density at radius 1 is 1.33 bits per heavy atom. The molecule has 3 atom stereocenters. The fraction of sp³-hybridized carbons (Fsp3) is 0.533. The van der Waals surface area contributed by atoms with Crippen LogP contribution >= 0.6 is 0 Å². The molecule has 21 heavy (non-hydrogen) atoms. The number of benzene rings is 1. The summed E-state index contributed by atoms with van der Waals surface area (Å²) in [6.45, 7) is 5.19. The lowest BCUT2D eigenvalue weighted by Crippen LogP contribution is -2.31. The van der Waals surface area contributed by atoms with Gasteiger partial charge in [0.05, 0.1) is 23.3 Å². The number of hydrogen-bond donors (Lipinski definition) is 1. The van der Waals surface area contributed by atoms with Gasteiger partial charge in [0.15, 0.2) is 0 Å². The molecule has 3 nitrogen and oxygen atoms in total. The number of aliphatic hydroxyl groups is 1. The quantitative estimate of drug-likeness (QED) is 0.901. The maximum absolute atomic E-state index is 12.9. The van der Waals surface area contributed by atoms with Crippen molar-refractivity contribution in [3.63, 3.8) is 0 Å². The average molecular weight is 301 g/mol. The van der Waals surface area contributed by atoms with Crippen LogP contribution in [0.1, 0.15) is 38.3 Å². The van der Waals surface area contributed by atoms with Gasteiger partial charge in [0.25, 0.3) is 0 Å². The van der Waals surface area contributed by atoms with Gasteiger partial charge in [0.1, 0.15) is 11.9 Å². The number of hydrogen-bond acceptors (Lipinski definition) is 3. The van der Waals surface area contributed by atoms with Crippen molar-refractivity contribution in [1.82, 2.24) is 0 Å². The summed E-state index contributed by atoms with van der Waals surface area (Å²) >= 11 is 0. The largest absolute Gasteiger partial charge is 0.490 e. The minimum Gasteiger partial charge on any atom is -0.490 e. The van der Waals surface area contributed by atoms with Crippen molar-refractivity contribution >= 4 is 0 Å². The first-order valence-corrected chi connectivity index (χ1v) is 6.66. The van der Waals surface area contributed by atoms with Crippen molar-refractivity contribution < 1.29 is 23.0 Å². The molecule has 0 heterocycles. The van der Waals surface area contributed by atoms with Crippen LogP contribution in [-0.4, -0.2) is 17.3 Å². The molecule has 1 aromatic rings. The van der Waals surface area contributed by atoms with E-state index >= 15 is 0 Å². The first kappa shape index (κ1) is 17.3. The third-order valence-electron chi connectivity index (χ3n) is 3.43. The molecule has 0 saturated heterocycles. The third kappa shape index (κ3) is 4.36. The first-order valence-electron chi connectivity index (χ1n) is 6.66. The molecule has 0 spiro atoms. The highest BCUT2D eigenvalue weighted by Crippen LogP contribution is 2.34. The van der Waals surface area contributed by atoms with Crippen LogP contribution in [0, 0.1) is 17.2 Å². The van der Waals surface area contributed by atoms with Gasteiger partial charge in [-0.1, -0.05) is 6.92 Å². The minimum absolute atomic E-state index is 0.0351. The predicted octanol–water partition coefficient (Wildman–Crippen LogP) is 3.75. The van der Waals surface area contributed by atoms with Crippen LogP contribution in [0.5, 0.6) is 5.75 Å². The molecule has 0 aliphatic rings. The summed E-state index contributed by atoms with van der Waals surface area (Å²) in [5.41, 5.74) is -1.45. The molecule has 0 aliphatic heterocycles. The van der Waals surface area contributed by atoms with Crippen molar-refractivity contribution in [2.75, 3.05) is 0 Å². The van der Waals surface area contributed by atoms with E-state index in [4.69, 9.17) is 10.00 Å². The first-order chi connectivity index (χ1) is 9.70. The van der Waals surface area contributed by atoms with Gasteiger partial charge in [-0.15, -0.1) is 0 Å². The topological polar surface area (TPSA) is 53.2 Å². The maximum Gasteiger partial charge on any atom is 0.417 e. The minimum atomic E-state index is -4.61. The summed E-state index contributed by atoms with van der Waals surface area (Å²) in [5.74, 6) is -0.150. The van der Waals surface area contributed by atoms with Crippen molar-refractivity contribution in [2.24, 2.45) is 5.92 Å². The lowest BCUT2D eigenvalue weighted by Gasteiger charge is -2.26. The van der Waals surface area contributed by atoms with E-state index in [9.17, 15) is 18.3 Å². The second kappa shape index (κ2) is 6.81. The van der Waals surface area contributed by atoms with E-state index in [-0.39, 0.29) is 11.7 Å². The van der Waals surface area contributed by atoms with E-state index in [1.807, 2.05) is 6.92 Å². The van der Waals surface area contributed by atoms with Gasteiger partial charge in [-0.2, -0.15) is 18.4 Å². The molecule has 0 fully saturated rings. The van der Waals surface area contributed by atoms with Gasteiger partial charge in [0, 0.05) is 5.92 Å². The average Bonchev–Trinajstić information content (AvgIpc) is 2.37. The Labute approximate surface area is 122 Å². The molecule has 0 amide bonds. The Hall–Kier alpha value is -1.74. The molecular weight excluding hydrogens is 283 g/mol. The van der Waals surface area contributed by atoms with Crippen molar-refractivity contribution in [3.8, 4) is 11.8 Å². The van der Waals surface area contributed by atoms with E-state index in [0.717, 1.165) is 12.1 Å². The van der Waals surface area contributed by atoms with Crippen LogP contribution in [0.2, 0.25) is 0 Å². The number of rotatable bonds is 5. The number of nitriles is 1. The molecule has 0 aromatic heterocycles. The van der Waals surface area contributed by atoms with Crippen molar-refractivity contribution in [3.05, 3.63) is 29.3 Å². The molecule has 0 aliphatic carbocycles. The number of halogens is 3. The lowest BCUT2D eigenvalue weighted by molar-refractivity contribution is -0.138. The molecule has 6 heteroatoms. The molecular formula is C15H18F3NO2. The molecule has 0 saturated carbocycles. The van der Waals surface area contributed by atoms with E-state index in [0.29, 0.717) is 6.42 Å². The van der Waals surface area contributed by atoms with E-state index in [1.165, 1.54) is 12.1 Å². The Balaban J connectivity index is 3.03. The van der Waals surface area contributed by atoms with Gasteiger partial charge < -0.3 is 9.84 Å². The summed E-state index contributed by atoms with van der Waals surface area (Å²) in [4.78, 5) is 0.